The summed E-state index contributed by atoms with van der Waals surface area (Å²) in [6, 6.07) is 4.80. The first kappa shape index (κ1) is 16.3. The average Bonchev–Trinajstić information content (AvgIpc) is 2.45. The van der Waals surface area contributed by atoms with Gasteiger partial charge in [0, 0.05) is 13.0 Å². The molecule has 0 bridgehead atoms. The number of methoxy groups -OCH3 is 1. The summed E-state index contributed by atoms with van der Waals surface area (Å²) in [5, 5.41) is 11.9. The van der Waals surface area contributed by atoms with E-state index in [-0.39, 0.29) is 11.5 Å². The van der Waals surface area contributed by atoms with Gasteiger partial charge < -0.3 is 15.2 Å². The molecule has 5 nitrogen and oxygen atoms in total. The molecule has 0 unspecified atom stereocenters. The number of aromatic carboxylic acids is 1. The molecule has 22 heavy (non-hydrogen) atoms. The molecular weight excluding hydrogens is 282 g/mol. The highest BCUT2D eigenvalue weighted by Crippen LogP contribution is 2.30. The number of hydrogen-bond donors (Lipinski definition) is 2. The fraction of sp³-hybridized carbons (Fsp3) is 0.529. The van der Waals surface area contributed by atoms with E-state index in [1.165, 1.54) is 32.4 Å². The van der Waals surface area contributed by atoms with Crippen molar-refractivity contribution in [2.45, 2.75) is 38.5 Å². The zero-order chi connectivity index (χ0) is 15.9. The van der Waals surface area contributed by atoms with E-state index < -0.39 is 5.97 Å². The molecule has 120 valence electrons. The first-order chi connectivity index (χ1) is 10.6. The number of hydrogen-bond acceptors (Lipinski definition) is 3. The molecular formula is C17H23NO4. The number of ether oxygens (including phenoxy) is 1. The lowest BCUT2D eigenvalue weighted by Gasteiger charge is -2.24. The molecule has 0 atom stereocenters. The number of rotatable bonds is 8. The normalized spacial score (nSPS) is 14.2. The van der Waals surface area contributed by atoms with E-state index in [1.54, 1.807) is 12.1 Å². The van der Waals surface area contributed by atoms with Gasteiger partial charge in [-0.3, -0.25) is 4.79 Å². The Labute approximate surface area is 130 Å². The fourth-order valence-electron chi connectivity index (χ4n) is 2.63. The molecule has 5 heteroatoms. The third-order valence-corrected chi connectivity index (χ3v) is 4.25. The lowest BCUT2D eigenvalue weighted by molar-refractivity contribution is -0.121. The molecule has 0 heterocycles. The Morgan fingerprint density at radius 3 is 2.73 bits per heavy atom. The molecule has 0 saturated heterocycles. The molecule has 1 saturated carbocycles. The van der Waals surface area contributed by atoms with E-state index in [0.717, 1.165) is 17.9 Å². The van der Waals surface area contributed by atoms with Crippen molar-refractivity contribution < 1.29 is 19.4 Å². The average molecular weight is 305 g/mol. The van der Waals surface area contributed by atoms with Gasteiger partial charge in [-0.25, -0.2) is 4.79 Å². The van der Waals surface area contributed by atoms with Crippen LogP contribution < -0.4 is 10.1 Å². The van der Waals surface area contributed by atoms with Gasteiger partial charge in [-0.05, 0) is 36.5 Å². The topological polar surface area (TPSA) is 75.6 Å². The molecule has 0 radical (unpaired) electrons. The molecule has 0 spiro atoms. The molecule has 1 aliphatic carbocycles. The van der Waals surface area contributed by atoms with Gasteiger partial charge in [-0.1, -0.05) is 25.3 Å². The Balaban J connectivity index is 1.77. The highest BCUT2D eigenvalue weighted by atomic mass is 16.5. The number of amides is 1. The Morgan fingerprint density at radius 1 is 1.36 bits per heavy atom. The molecule has 1 aromatic rings. The smallest absolute Gasteiger partial charge is 0.335 e. The van der Waals surface area contributed by atoms with Crippen LogP contribution in [-0.4, -0.2) is 30.6 Å². The van der Waals surface area contributed by atoms with Crippen LogP contribution in [0, 0.1) is 5.92 Å². The predicted molar refractivity (Wildman–Crippen MR) is 83.2 cm³/mol. The maximum atomic E-state index is 11.8. The van der Waals surface area contributed by atoms with Crippen molar-refractivity contribution in [1.29, 1.82) is 0 Å². The Morgan fingerprint density at radius 2 is 2.14 bits per heavy atom. The second-order valence-electron chi connectivity index (χ2n) is 5.77. The first-order valence-electron chi connectivity index (χ1n) is 7.77. The van der Waals surface area contributed by atoms with Crippen molar-refractivity contribution in [2.75, 3.05) is 13.7 Å². The van der Waals surface area contributed by atoms with E-state index >= 15 is 0 Å². The molecule has 0 aromatic heterocycles. The summed E-state index contributed by atoms with van der Waals surface area (Å²) in [6.07, 6.45) is 6.04. The number of carbonyl (C=O) groups is 2. The monoisotopic (exact) mass is 305 g/mol. The summed E-state index contributed by atoms with van der Waals surface area (Å²) < 4.78 is 5.22. The van der Waals surface area contributed by atoms with E-state index in [2.05, 4.69) is 5.32 Å². The van der Waals surface area contributed by atoms with Crippen LogP contribution in [-0.2, 0) is 11.2 Å². The lowest BCUT2D eigenvalue weighted by Crippen LogP contribution is -2.26. The number of benzene rings is 1. The predicted octanol–water partition coefficient (Wildman–Crippen LogP) is 2.63. The quantitative estimate of drug-likeness (QED) is 0.774. The molecule has 1 fully saturated rings. The van der Waals surface area contributed by atoms with Crippen molar-refractivity contribution >= 4 is 11.9 Å². The van der Waals surface area contributed by atoms with Gasteiger partial charge in [0.1, 0.15) is 5.75 Å². The van der Waals surface area contributed by atoms with Gasteiger partial charge in [0.05, 0.1) is 12.7 Å². The van der Waals surface area contributed by atoms with E-state index in [0.29, 0.717) is 25.1 Å². The Kier molecular flexibility index (Phi) is 5.81. The first-order valence-corrected chi connectivity index (χ1v) is 7.77. The zero-order valence-corrected chi connectivity index (χ0v) is 12.9. The van der Waals surface area contributed by atoms with Gasteiger partial charge in [0.25, 0.3) is 0 Å². The maximum absolute atomic E-state index is 11.8. The van der Waals surface area contributed by atoms with E-state index in [9.17, 15) is 9.59 Å². The summed E-state index contributed by atoms with van der Waals surface area (Å²) >= 11 is 0. The molecule has 1 amide bonds. The summed E-state index contributed by atoms with van der Waals surface area (Å²) in [6.45, 7) is 0.534. The second-order valence-corrected chi connectivity index (χ2v) is 5.77. The Bertz CT molecular complexity index is 537. The van der Waals surface area contributed by atoms with Crippen molar-refractivity contribution in [1.82, 2.24) is 5.32 Å². The van der Waals surface area contributed by atoms with Crippen molar-refractivity contribution in [2.24, 2.45) is 5.92 Å². The zero-order valence-electron chi connectivity index (χ0n) is 12.9. The third-order valence-electron chi connectivity index (χ3n) is 4.25. The highest BCUT2D eigenvalue weighted by Gasteiger charge is 2.18. The second kappa shape index (κ2) is 7.82. The molecule has 1 aromatic carbocycles. The largest absolute Gasteiger partial charge is 0.496 e. The van der Waals surface area contributed by atoms with Crippen molar-refractivity contribution in [3.8, 4) is 5.75 Å². The minimum absolute atomic E-state index is 0.0908. The number of carbonyl (C=O) groups excluding carboxylic acids is 1. The van der Waals surface area contributed by atoms with Crippen molar-refractivity contribution in [3.05, 3.63) is 29.3 Å². The summed E-state index contributed by atoms with van der Waals surface area (Å²) in [5.41, 5.74) is 1.09. The molecule has 0 aliphatic heterocycles. The lowest BCUT2D eigenvalue weighted by atomic mass is 9.82. The minimum atomic E-state index is -0.978. The summed E-state index contributed by atoms with van der Waals surface area (Å²) in [7, 11) is 1.52. The maximum Gasteiger partial charge on any atom is 0.335 e. The molecule has 1 aliphatic rings. The van der Waals surface area contributed by atoms with Gasteiger partial charge in [0.15, 0.2) is 0 Å². The van der Waals surface area contributed by atoms with Gasteiger partial charge in [-0.15, -0.1) is 0 Å². The van der Waals surface area contributed by atoms with Crippen LogP contribution in [0.5, 0.6) is 5.75 Å². The molecule has 2 N–H and O–H groups in total. The standard InChI is InChI=1S/C17H23NO4/c1-22-15-11-14(17(20)21)7-6-13(15)9-10-18-16(19)8-5-12-3-2-4-12/h6-7,11-12H,2-5,8-10H2,1H3,(H,18,19)(H,20,21). The SMILES string of the molecule is COc1cc(C(=O)O)ccc1CCNC(=O)CCC1CCC1. The van der Waals surface area contributed by atoms with Crippen LogP contribution in [0.25, 0.3) is 0 Å². The molecule has 2 rings (SSSR count). The van der Waals surface area contributed by atoms with Crippen LogP contribution in [0.4, 0.5) is 0 Å². The summed E-state index contributed by atoms with van der Waals surface area (Å²) in [4.78, 5) is 22.7. The van der Waals surface area contributed by atoms with Gasteiger partial charge in [-0.2, -0.15) is 0 Å². The van der Waals surface area contributed by atoms with E-state index in [4.69, 9.17) is 9.84 Å². The van der Waals surface area contributed by atoms with E-state index in [1.807, 2.05) is 0 Å². The summed E-state index contributed by atoms with van der Waals surface area (Å²) in [5.74, 6) is 0.403. The van der Waals surface area contributed by atoms with Crippen LogP contribution >= 0.6 is 0 Å². The Hall–Kier alpha value is -2.04. The number of carboxylic acid groups (broad SMARTS) is 1. The number of nitrogens with one attached hydrogen (secondary N) is 1. The highest BCUT2D eigenvalue weighted by molar-refractivity contribution is 5.88. The fourth-order valence-corrected chi connectivity index (χ4v) is 2.63. The van der Waals surface area contributed by atoms with Crippen LogP contribution in [0.3, 0.4) is 0 Å². The van der Waals surface area contributed by atoms with Crippen LogP contribution in [0.15, 0.2) is 18.2 Å². The van der Waals surface area contributed by atoms with Crippen molar-refractivity contribution in [3.63, 3.8) is 0 Å². The number of carboxylic acids is 1. The van der Waals surface area contributed by atoms with Crippen LogP contribution in [0.2, 0.25) is 0 Å². The van der Waals surface area contributed by atoms with Gasteiger partial charge in [0.2, 0.25) is 5.91 Å². The minimum Gasteiger partial charge on any atom is -0.496 e. The van der Waals surface area contributed by atoms with Crippen LogP contribution in [0.1, 0.15) is 48.0 Å². The van der Waals surface area contributed by atoms with Gasteiger partial charge >= 0.3 is 5.97 Å². The third kappa shape index (κ3) is 4.48.